The number of alkyl halides is 2. The molecule has 5 fully saturated rings. The van der Waals surface area contributed by atoms with Crippen LogP contribution in [0, 0.1) is 23.2 Å². The van der Waals surface area contributed by atoms with Gasteiger partial charge in [-0.15, -0.1) is 0 Å². The van der Waals surface area contributed by atoms with Crippen molar-refractivity contribution >= 4 is 17.5 Å². The number of rotatable bonds is 10. The Bertz CT molecular complexity index is 1480. The third-order valence-corrected chi connectivity index (χ3v) is 10.1. The summed E-state index contributed by atoms with van der Waals surface area (Å²) in [5, 5.41) is 15.3. The highest BCUT2D eigenvalue weighted by Crippen LogP contribution is 2.66. The fourth-order valence-corrected chi connectivity index (χ4v) is 7.52. The van der Waals surface area contributed by atoms with E-state index in [4.69, 9.17) is 4.98 Å². The number of carbonyl (C=O) groups excluding carboxylic acids is 2. The first-order valence-corrected chi connectivity index (χ1v) is 15.4. The summed E-state index contributed by atoms with van der Waals surface area (Å²) in [6.45, 7) is 3.89. The molecule has 2 N–H and O–H groups in total. The molecule has 0 aromatic carbocycles. The van der Waals surface area contributed by atoms with Gasteiger partial charge in [-0.1, -0.05) is 0 Å². The lowest BCUT2D eigenvalue weighted by Gasteiger charge is -2.61. The first-order chi connectivity index (χ1) is 20.1. The number of hydrogen-bond donors (Lipinski definition) is 2. The molecule has 8 rings (SSSR count). The summed E-state index contributed by atoms with van der Waals surface area (Å²) in [6, 6.07) is 2.96. The van der Waals surface area contributed by atoms with E-state index in [0.717, 1.165) is 24.3 Å². The van der Waals surface area contributed by atoms with Crippen LogP contribution in [0.3, 0.4) is 0 Å². The maximum atomic E-state index is 14.1. The Morgan fingerprint density at radius 1 is 1.02 bits per heavy atom. The minimum Gasteiger partial charge on any atom is -0.349 e. The molecule has 0 saturated heterocycles. The molecule has 2 amide bonds. The van der Waals surface area contributed by atoms with E-state index in [0.29, 0.717) is 29.4 Å². The van der Waals surface area contributed by atoms with E-state index in [1.807, 2.05) is 19.9 Å². The van der Waals surface area contributed by atoms with E-state index in [-0.39, 0.29) is 60.9 Å². The van der Waals surface area contributed by atoms with Crippen molar-refractivity contribution in [1.82, 2.24) is 35.0 Å². The average molecular weight is 580 g/mol. The fraction of sp³-hybridized carbons (Fsp3) is 0.645. The molecular formula is C31H39F2N7O2. The molecule has 1 unspecified atom stereocenters. The van der Waals surface area contributed by atoms with Gasteiger partial charge in [0.2, 0.25) is 11.8 Å². The fourth-order valence-electron chi connectivity index (χ4n) is 7.52. The van der Waals surface area contributed by atoms with Crippen molar-refractivity contribution in [3.05, 3.63) is 47.7 Å². The second kappa shape index (κ2) is 10.1. The molecule has 3 aromatic rings. The normalized spacial score (nSPS) is 26.4. The topological polar surface area (TPSA) is 106 Å². The number of halogens is 2. The van der Waals surface area contributed by atoms with E-state index >= 15 is 0 Å². The predicted molar refractivity (Wildman–Crippen MR) is 151 cm³/mol. The Kier molecular flexibility index (Phi) is 6.62. The van der Waals surface area contributed by atoms with Crippen LogP contribution < -0.4 is 10.6 Å². The standard InChI is InChI=1S/C31H39F2N7O2/c1-18(2)40-24(7-10-34-40)29(42)38-28(21-5-8-31(32,33)9-6-21)23-17-39-25(36-23)11-22(16-35-39)27(20-3-4-20)37-26(41)15-30-12-19(13-30)14-30/h7,10-11,16-21,27-28H,3-6,8-9,12-15H2,1-2H3,(H,37,41)(H,38,42)/t19?,27?,28-,30?/m0/s1. The van der Waals surface area contributed by atoms with Crippen LogP contribution in [0.25, 0.3) is 5.65 Å². The zero-order valence-electron chi connectivity index (χ0n) is 24.2. The van der Waals surface area contributed by atoms with Crippen molar-refractivity contribution in [3.63, 3.8) is 0 Å². The number of nitrogens with zero attached hydrogens (tertiary/aromatic N) is 5. The van der Waals surface area contributed by atoms with E-state index in [9.17, 15) is 18.4 Å². The molecule has 2 bridgehead atoms. The Labute approximate surface area is 243 Å². The summed E-state index contributed by atoms with van der Waals surface area (Å²) in [5.41, 5.74) is 2.79. The summed E-state index contributed by atoms with van der Waals surface area (Å²) in [7, 11) is 0. The van der Waals surface area contributed by atoms with Crippen molar-refractivity contribution in [2.75, 3.05) is 0 Å². The molecule has 3 aromatic heterocycles. The number of nitrogens with one attached hydrogen (secondary N) is 2. The Morgan fingerprint density at radius 2 is 1.74 bits per heavy atom. The second-order valence-electron chi connectivity index (χ2n) is 13.7. The van der Waals surface area contributed by atoms with Crippen LogP contribution in [-0.2, 0) is 4.79 Å². The molecule has 5 aliphatic rings. The highest BCUT2D eigenvalue weighted by atomic mass is 19.3. The van der Waals surface area contributed by atoms with Crippen molar-refractivity contribution in [3.8, 4) is 0 Å². The van der Waals surface area contributed by atoms with E-state index < -0.39 is 12.0 Å². The Hall–Kier alpha value is -3.37. The SMILES string of the molecule is CC(C)n1nccc1C(=O)N[C@H](c1cn2ncc(C(NC(=O)CC34CC(C3)C4)C3CC3)cc2n1)C1CCC(F)(F)CC1. The Balaban J connectivity index is 1.14. The largest absolute Gasteiger partial charge is 0.349 e. The summed E-state index contributed by atoms with van der Waals surface area (Å²) in [5.74, 6) is -1.83. The van der Waals surface area contributed by atoms with Crippen LogP contribution in [0.5, 0.6) is 0 Å². The minimum absolute atomic E-state index is 0.00991. The summed E-state index contributed by atoms with van der Waals surface area (Å²) < 4.78 is 31.5. The average Bonchev–Trinajstić information content (AvgIpc) is 3.45. The monoisotopic (exact) mass is 579 g/mol. The highest BCUT2D eigenvalue weighted by Gasteiger charge is 2.57. The van der Waals surface area contributed by atoms with Gasteiger partial charge in [0.25, 0.3) is 5.91 Å². The molecule has 5 aliphatic carbocycles. The lowest BCUT2D eigenvalue weighted by molar-refractivity contribution is -0.145. The highest BCUT2D eigenvalue weighted by molar-refractivity contribution is 5.92. The zero-order chi connectivity index (χ0) is 29.2. The number of amides is 2. The first kappa shape index (κ1) is 27.5. The van der Waals surface area contributed by atoms with Gasteiger partial charge >= 0.3 is 0 Å². The van der Waals surface area contributed by atoms with Crippen molar-refractivity contribution in [2.45, 2.75) is 102 Å². The molecule has 224 valence electrons. The van der Waals surface area contributed by atoms with Gasteiger partial charge in [0.15, 0.2) is 5.65 Å². The predicted octanol–water partition coefficient (Wildman–Crippen LogP) is 5.56. The van der Waals surface area contributed by atoms with Gasteiger partial charge in [0.1, 0.15) is 5.69 Å². The third kappa shape index (κ3) is 5.19. The molecular weight excluding hydrogens is 540 g/mol. The zero-order valence-corrected chi connectivity index (χ0v) is 24.2. The second-order valence-corrected chi connectivity index (χ2v) is 13.7. The molecule has 5 saturated carbocycles. The lowest BCUT2D eigenvalue weighted by Crippen LogP contribution is -2.54. The van der Waals surface area contributed by atoms with Gasteiger partial charge in [-0.05, 0) is 99.7 Å². The summed E-state index contributed by atoms with van der Waals surface area (Å²) in [4.78, 5) is 31.3. The van der Waals surface area contributed by atoms with Crippen molar-refractivity contribution in [2.24, 2.45) is 23.2 Å². The first-order valence-electron chi connectivity index (χ1n) is 15.4. The Morgan fingerprint density at radius 3 is 2.38 bits per heavy atom. The smallest absolute Gasteiger partial charge is 0.270 e. The van der Waals surface area contributed by atoms with Crippen molar-refractivity contribution < 1.29 is 18.4 Å². The van der Waals surface area contributed by atoms with Crippen LogP contribution in [0.4, 0.5) is 8.78 Å². The minimum atomic E-state index is -2.68. The van der Waals surface area contributed by atoms with Gasteiger partial charge in [-0.25, -0.2) is 18.3 Å². The number of aromatic nitrogens is 5. The van der Waals surface area contributed by atoms with Crippen LogP contribution in [-0.4, -0.2) is 42.1 Å². The molecule has 11 heteroatoms. The molecule has 0 radical (unpaired) electrons. The van der Waals surface area contributed by atoms with E-state index in [2.05, 4.69) is 20.8 Å². The van der Waals surface area contributed by atoms with Crippen LogP contribution in [0.1, 0.15) is 118 Å². The number of fused-ring (bicyclic) bond motifs is 1. The van der Waals surface area contributed by atoms with Gasteiger partial charge in [-0.3, -0.25) is 14.3 Å². The summed E-state index contributed by atoms with van der Waals surface area (Å²) in [6.07, 6.45) is 11.6. The van der Waals surface area contributed by atoms with Crippen molar-refractivity contribution in [1.29, 1.82) is 0 Å². The molecule has 2 atom stereocenters. The molecule has 0 aliphatic heterocycles. The van der Waals surface area contributed by atoms with Crippen LogP contribution in [0.15, 0.2) is 30.7 Å². The molecule has 0 spiro atoms. The van der Waals surface area contributed by atoms with Crippen LogP contribution in [0.2, 0.25) is 0 Å². The summed E-state index contributed by atoms with van der Waals surface area (Å²) >= 11 is 0. The van der Waals surface area contributed by atoms with Gasteiger partial charge in [0.05, 0.1) is 30.2 Å². The van der Waals surface area contributed by atoms with E-state index in [1.165, 1.54) is 19.3 Å². The quantitative estimate of drug-likeness (QED) is 0.327. The molecule has 9 nitrogen and oxygen atoms in total. The van der Waals surface area contributed by atoms with Gasteiger partial charge in [-0.2, -0.15) is 10.2 Å². The number of carbonyl (C=O) groups is 2. The maximum Gasteiger partial charge on any atom is 0.270 e. The molecule has 3 heterocycles. The maximum absolute atomic E-state index is 14.1. The van der Waals surface area contributed by atoms with E-state index in [1.54, 1.807) is 33.9 Å². The number of imidazole rings is 1. The number of hydrogen-bond acceptors (Lipinski definition) is 5. The van der Waals surface area contributed by atoms with Gasteiger partial charge < -0.3 is 10.6 Å². The molecule has 42 heavy (non-hydrogen) atoms. The van der Waals surface area contributed by atoms with Crippen LogP contribution >= 0.6 is 0 Å². The third-order valence-electron chi connectivity index (χ3n) is 10.1. The van der Waals surface area contributed by atoms with Gasteiger partial charge in [0, 0.05) is 31.5 Å². The lowest BCUT2D eigenvalue weighted by atomic mass is 9.43.